The summed E-state index contributed by atoms with van der Waals surface area (Å²) in [5.74, 6) is 0.922. The maximum absolute atomic E-state index is 6.06. The van der Waals surface area contributed by atoms with E-state index in [1.54, 1.807) is 17.1 Å². The molecule has 18 heavy (non-hydrogen) atoms. The lowest BCUT2D eigenvalue weighted by molar-refractivity contribution is 0.366. The lowest BCUT2D eigenvalue weighted by atomic mass is 10.2. The third kappa shape index (κ3) is 2.10. The Balaban J connectivity index is 1.88. The van der Waals surface area contributed by atoms with Gasteiger partial charge in [-0.25, -0.2) is 9.67 Å². The standard InChI is InChI=1S/C11H8ClN5O/c12-9-4-2-1-3-8(9)11-15-10(18-16-11)5-17-7-13-6-14-17/h1-4,6-7H,5H2. The van der Waals surface area contributed by atoms with Gasteiger partial charge in [0.15, 0.2) is 0 Å². The Kier molecular flexibility index (Phi) is 2.77. The largest absolute Gasteiger partial charge is 0.337 e. The molecule has 0 radical (unpaired) electrons. The van der Waals surface area contributed by atoms with Crippen molar-refractivity contribution in [3.05, 3.63) is 47.8 Å². The van der Waals surface area contributed by atoms with Crippen LogP contribution in [0, 0.1) is 0 Å². The molecule has 90 valence electrons. The predicted molar refractivity (Wildman–Crippen MR) is 63.9 cm³/mol. The molecule has 3 rings (SSSR count). The van der Waals surface area contributed by atoms with Crippen LogP contribution in [0.5, 0.6) is 0 Å². The molecular formula is C11H8ClN5O. The van der Waals surface area contributed by atoms with E-state index >= 15 is 0 Å². The summed E-state index contributed by atoms with van der Waals surface area (Å²) in [6.45, 7) is 0.386. The zero-order valence-corrected chi connectivity index (χ0v) is 9.95. The van der Waals surface area contributed by atoms with E-state index in [4.69, 9.17) is 16.1 Å². The van der Waals surface area contributed by atoms with Crippen LogP contribution in [0.4, 0.5) is 0 Å². The predicted octanol–water partition coefficient (Wildman–Crippen LogP) is 2.03. The van der Waals surface area contributed by atoms with E-state index in [0.29, 0.717) is 23.3 Å². The van der Waals surface area contributed by atoms with Crippen molar-refractivity contribution in [3.8, 4) is 11.4 Å². The van der Waals surface area contributed by atoms with E-state index in [2.05, 4.69) is 20.2 Å². The fourth-order valence-electron chi connectivity index (χ4n) is 1.52. The first kappa shape index (κ1) is 10.9. The topological polar surface area (TPSA) is 69.6 Å². The van der Waals surface area contributed by atoms with E-state index < -0.39 is 0 Å². The van der Waals surface area contributed by atoms with E-state index in [0.717, 1.165) is 5.56 Å². The molecule has 1 aromatic carbocycles. The quantitative estimate of drug-likeness (QED) is 0.721. The molecule has 6 nitrogen and oxygen atoms in total. The minimum absolute atomic E-state index is 0.386. The van der Waals surface area contributed by atoms with E-state index in [9.17, 15) is 0 Å². The monoisotopic (exact) mass is 261 g/mol. The molecule has 0 aliphatic carbocycles. The van der Waals surface area contributed by atoms with Crippen LogP contribution in [-0.4, -0.2) is 24.9 Å². The number of hydrogen-bond donors (Lipinski definition) is 0. The fraction of sp³-hybridized carbons (Fsp3) is 0.0909. The van der Waals surface area contributed by atoms with Crippen LogP contribution in [0.25, 0.3) is 11.4 Å². The van der Waals surface area contributed by atoms with Gasteiger partial charge in [0.25, 0.3) is 0 Å². The van der Waals surface area contributed by atoms with Crippen molar-refractivity contribution in [1.29, 1.82) is 0 Å². The van der Waals surface area contributed by atoms with Crippen LogP contribution in [0.15, 0.2) is 41.4 Å². The van der Waals surface area contributed by atoms with Crippen LogP contribution in [-0.2, 0) is 6.54 Å². The zero-order valence-electron chi connectivity index (χ0n) is 9.19. The molecule has 0 aliphatic heterocycles. The van der Waals surface area contributed by atoms with Gasteiger partial charge in [0.05, 0.1) is 5.02 Å². The molecule has 3 aromatic rings. The van der Waals surface area contributed by atoms with Crippen molar-refractivity contribution in [2.24, 2.45) is 0 Å². The van der Waals surface area contributed by atoms with Gasteiger partial charge in [-0.1, -0.05) is 28.9 Å². The van der Waals surface area contributed by atoms with Gasteiger partial charge in [-0.05, 0) is 12.1 Å². The lowest BCUT2D eigenvalue weighted by Gasteiger charge is -1.96. The summed E-state index contributed by atoms with van der Waals surface area (Å²) in [6, 6.07) is 7.34. The second kappa shape index (κ2) is 4.58. The molecule has 7 heteroatoms. The number of benzene rings is 1. The first-order valence-corrected chi connectivity index (χ1v) is 5.60. The van der Waals surface area contributed by atoms with Crippen LogP contribution in [0.2, 0.25) is 5.02 Å². The smallest absolute Gasteiger partial charge is 0.248 e. The zero-order chi connectivity index (χ0) is 12.4. The molecule has 0 spiro atoms. The van der Waals surface area contributed by atoms with Crippen molar-refractivity contribution >= 4 is 11.6 Å². The summed E-state index contributed by atoms with van der Waals surface area (Å²) in [6.07, 6.45) is 3.03. The summed E-state index contributed by atoms with van der Waals surface area (Å²) >= 11 is 6.06. The number of aromatic nitrogens is 5. The first-order valence-electron chi connectivity index (χ1n) is 5.23. The Hall–Kier alpha value is -2.21. The molecule has 2 aromatic heterocycles. The summed E-state index contributed by atoms with van der Waals surface area (Å²) in [5, 5.41) is 8.45. The van der Waals surface area contributed by atoms with Gasteiger partial charge in [0.1, 0.15) is 19.2 Å². The highest BCUT2D eigenvalue weighted by atomic mass is 35.5. The van der Waals surface area contributed by atoms with Crippen molar-refractivity contribution in [2.45, 2.75) is 6.54 Å². The normalized spacial score (nSPS) is 10.7. The second-order valence-electron chi connectivity index (χ2n) is 3.58. The Morgan fingerprint density at radius 1 is 1.28 bits per heavy atom. The second-order valence-corrected chi connectivity index (χ2v) is 3.99. The van der Waals surface area contributed by atoms with Crippen LogP contribution in [0.3, 0.4) is 0 Å². The maximum Gasteiger partial charge on any atom is 0.248 e. The van der Waals surface area contributed by atoms with Gasteiger partial charge >= 0.3 is 0 Å². The number of nitrogens with zero attached hydrogens (tertiary/aromatic N) is 5. The molecule has 0 N–H and O–H groups in total. The average molecular weight is 262 g/mol. The molecule has 0 atom stereocenters. The molecule has 2 heterocycles. The molecule has 0 fully saturated rings. The summed E-state index contributed by atoms with van der Waals surface area (Å²) in [7, 11) is 0. The van der Waals surface area contributed by atoms with E-state index in [1.165, 1.54) is 6.33 Å². The van der Waals surface area contributed by atoms with Crippen molar-refractivity contribution in [3.63, 3.8) is 0 Å². The van der Waals surface area contributed by atoms with Gasteiger partial charge in [-0.2, -0.15) is 10.1 Å². The van der Waals surface area contributed by atoms with Crippen molar-refractivity contribution in [2.75, 3.05) is 0 Å². The highest BCUT2D eigenvalue weighted by Gasteiger charge is 2.11. The summed E-state index contributed by atoms with van der Waals surface area (Å²) in [5.41, 5.74) is 0.743. The van der Waals surface area contributed by atoms with Gasteiger partial charge in [0.2, 0.25) is 11.7 Å². The van der Waals surface area contributed by atoms with E-state index in [-0.39, 0.29) is 0 Å². The first-order chi connectivity index (χ1) is 8.83. The van der Waals surface area contributed by atoms with Gasteiger partial charge in [-0.15, -0.1) is 0 Å². The number of hydrogen-bond acceptors (Lipinski definition) is 5. The molecule has 0 saturated heterocycles. The molecule has 0 saturated carbocycles. The fourth-order valence-corrected chi connectivity index (χ4v) is 1.74. The highest BCUT2D eigenvalue weighted by molar-refractivity contribution is 6.33. The minimum Gasteiger partial charge on any atom is -0.337 e. The molecular weight excluding hydrogens is 254 g/mol. The molecule has 0 unspecified atom stereocenters. The van der Waals surface area contributed by atoms with Crippen molar-refractivity contribution < 1.29 is 4.52 Å². The Morgan fingerprint density at radius 3 is 2.94 bits per heavy atom. The van der Waals surface area contributed by atoms with Gasteiger partial charge in [-0.3, -0.25) is 0 Å². The minimum atomic E-state index is 0.386. The van der Waals surface area contributed by atoms with E-state index in [1.807, 2.05) is 18.2 Å². The maximum atomic E-state index is 6.06. The molecule has 0 aliphatic rings. The average Bonchev–Trinajstić information content (AvgIpc) is 3.02. The SMILES string of the molecule is Clc1ccccc1-c1noc(Cn2cncn2)n1. The Labute approximate surface area is 107 Å². The van der Waals surface area contributed by atoms with Crippen molar-refractivity contribution in [1.82, 2.24) is 24.9 Å². The highest BCUT2D eigenvalue weighted by Crippen LogP contribution is 2.24. The summed E-state index contributed by atoms with van der Waals surface area (Å²) in [4.78, 5) is 8.10. The molecule has 0 amide bonds. The Bertz CT molecular complexity index is 649. The lowest BCUT2D eigenvalue weighted by Crippen LogP contribution is -1.99. The Morgan fingerprint density at radius 2 is 2.17 bits per heavy atom. The van der Waals surface area contributed by atoms with Crippen LogP contribution in [0.1, 0.15) is 5.89 Å². The number of halogens is 1. The molecule has 0 bridgehead atoms. The van der Waals surface area contributed by atoms with Crippen LogP contribution < -0.4 is 0 Å². The van der Waals surface area contributed by atoms with Gasteiger partial charge in [0, 0.05) is 5.56 Å². The third-order valence-electron chi connectivity index (χ3n) is 2.35. The number of rotatable bonds is 3. The third-order valence-corrected chi connectivity index (χ3v) is 2.68. The van der Waals surface area contributed by atoms with Gasteiger partial charge < -0.3 is 4.52 Å². The summed E-state index contributed by atoms with van der Waals surface area (Å²) < 4.78 is 6.74. The van der Waals surface area contributed by atoms with Crippen LogP contribution >= 0.6 is 11.6 Å².